The van der Waals surface area contributed by atoms with Gasteiger partial charge in [0.15, 0.2) is 5.82 Å². The van der Waals surface area contributed by atoms with Crippen LogP contribution in [-0.4, -0.2) is 27.9 Å². The molecule has 0 aliphatic heterocycles. The molecule has 0 bridgehead atoms. The van der Waals surface area contributed by atoms with Crippen molar-refractivity contribution in [2.75, 3.05) is 7.11 Å². The van der Waals surface area contributed by atoms with Gasteiger partial charge in [-0.1, -0.05) is 37.6 Å². The molecule has 0 N–H and O–H groups in total. The molecule has 5 aromatic rings. The number of para-hydroxylation sites is 1. The molecule has 11 heteroatoms. The average Bonchev–Trinajstić information content (AvgIpc) is 3.00. The van der Waals surface area contributed by atoms with Crippen molar-refractivity contribution in [2.45, 2.75) is 33.3 Å². The number of ether oxygens (including phenoxy) is 2. The maximum atomic E-state index is 13.9. The third-order valence-electron chi connectivity index (χ3n) is 7.07. The quantitative estimate of drug-likeness (QED) is 0.0884. The summed E-state index contributed by atoms with van der Waals surface area (Å²) in [6.45, 7) is 6.22. The molecular formula is C33H28BrClN4O5. The summed E-state index contributed by atoms with van der Waals surface area (Å²) in [5, 5.41) is 16.5. The maximum absolute atomic E-state index is 13.9. The van der Waals surface area contributed by atoms with Crippen LogP contribution in [0.25, 0.3) is 22.3 Å². The zero-order valence-corrected chi connectivity index (χ0v) is 26.7. The predicted octanol–water partition coefficient (Wildman–Crippen LogP) is 8.29. The van der Waals surface area contributed by atoms with E-state index in [2.05, 4.69) is 34.9 Å². The van der Waals surface area contributed by atoms with Gasteiger partial charge in [-0.2, -0.15) is 9.78 Å². The van der Waals surface area contributed by atoms with Gasteiger partial charge in [-0.15, -0.1) is 0 Å². The Bertz CT molecular complexity index is 1970. The molecule has 1 aromatic heterocycles. The lowest BCUT2D eigenvalue weighted by atomic mass is 9.96. The number of rotatable bonds is 9. The Hall–Kier alpha value is -4.54. The van der Waals surface area contributed by atoms with Crippen LogP contribution < -0.4 is 15.0 Å². The fraction of sp³-hybridized carbons (Fsp3) is 0.182. The smallest absolute Gasteiger partial charge is 0.282 e. The summed E-state index contributed by atoms with van der Waals surface area (Å²) in [5.74, 6) is 1.73. The average molecular weight is 676 g/mol. The standard InChI is InChI=1S/C33H28BrClN4O5/c1-19(2)26-16-27(20(3)13-30(26)43-4)32-37-29-8-6-5-7-25(29)33(40)38(32)36-17-22-14-23(35)15-28(34)31(22)44-18-21-9-11-24(12-10-21)39(41)42/h5-17,19H,18H2,1-4H3. The van der Waals surface area contributed by atoms with E-state index < -0.39 is 4.92 Å². The second-order valence-corrected chi connectivity index (χ2v) is 11.7. The minimum Gasteiger partial charge on any atom is -0.496 e. The number of benzene rings is 4. The summed E-state index contributed by atoms with van der Waals surface area (Å²) in [6, 6.07) is 20.5. The van der Waals surface area contributed by atoms with E-state index in [4.69, 9.17) is 26.1 Å². The van der Waals surface area contributed by atoms with Gasteiger partial charge in [0.1, 0.15) is 18.1 Å². The Balaban J connectivity index is 1.62. The number of methoxy groups -OCH3 is 1. The zero-order chi connectivity index (χ0) is 31.5. The van der Waals surface area contributed by atoms with Gasteiger partial charge in [-0.05, 0) is 94.0 Å². The van der Waals surface area contributed by atoms with Gasteiger partial charge >= 0.3 is 0 Å². The fourth-order valence-corrected chi connectivity index (χ4v) is 5.74. The Morgan fingerprint density at radius 2 is 1.84 bits per heavy atom. The third kappa shape index (κ3) is 6.36. The number of aryl methyl sites for hydroxylation is 1. The van der Waals surface area contributed by atoms with Crippen LogP contribution in [0.5, 0.6) is 11.5 Å². The van der Waals surface area contributed by atoms with Gasteiger partial charge in [0.2, 0.25) is 0 Å². The molecule has 0 spiro atoms. The van der Waals surface area contributed by atoms with Gasteiger partial charge in [0.05, 0.1) is 33.6 Å². The molecule has 0 fully saturated rings. The van der Waals surface area contributed by atoms with Gasteiger partial charge in [-0.25, -0.2) is 4.98 Å². The molecule has 9 nitrogen and oxygen atoms in total. The van der Waals surface area contributed by atoms with Crippen molar-refractivity contribution < 1.29 is 14.4 Å². The number of hydrogen-bond acceptors (Lipinski definition) is 7. The van der Waals surface area contributed by atoms with Crippen molar-refractivity contribution in [3.8, 4) is 22.9 Å². The van der Waals surface area contributed by atoms with Crippen molar-refractivity contribution in [1.29, 1.82) is 0 Å². The molecule has 0 aliphatic rings. The largest absolute Gasteiger partial charge is 0.496 e. The molecule has 0 saturated heterocycles. The topological polar surface area (TPSA) is 109 Å². The number of nitro groups is 1. The second-order valence-electron chi connectivity index (χ2n) is 10.4. The van der Waals surface area contributed by atoms with E-state index >= 15 is 0 Å². The Kier molecular flexibility index (Phi) is 9.12. The first kappa shape index (κ1) is 30.9. The summed E-state index contributed by atoms with van der Waals surface area (Å²) in [6.07, 6.45) is 1.51. The van der Waals surface area contributed by atoms with E-state index in [1.165, 1.54) is 23.0 Å². The first-order valence-electron chi connectivity index (χ1n) is 13.7. The number of aromatic nitrogens is 2. The number of non-ortho nitro benzene ring substituents is 1. The maximum Gasteiger partial charge on any atom is 0.282 e. The van der Waals surface area contributed by atoms with Crippen molar-refractivity contribution in [3.63, 3.8) is 0 Å². The van der Waals surface area contributed by atoms with Gasteiger partial charge in [0, 0.05) is 28.3 Å². The first-order valence-corrected chi connectivity index (χ1v) is 14.8. The van der Waals surface area contributed by atoms with Crippen LogP contribution >= 0.6 is 27.5 Å². The minimum absolute atomic E-state index is 0.00732. The summed E-state index contributed by atoms with van der Waals surface area (Å²) < 4.78 is 13.6. The summed E-state index contributed by atoms with van der Waals surface area (Å²) in [7, 11) is 1.64. The molecule has 4 aromatic carbocycles. The lowest BCUT2D eigenvalue weighted by molar-refractivity contribution is -0.384. The van der Waals surface area contributed by atoms with Gasteiger partial charge in [0.25, 0.3) is 11.2 Å². The molecule has 5 rings (SSSR count). The van der Waals surface area contributed by atoms with Crippen LogP contribution in [0.4, 0.5) is 5.69 Å². The molecule has 0 aliphatic carbocycles. The molecule has 0 unspecified atom stereocenters. The Morgan fingerprint density at radius 1 is 1.11 bits per heavy atom. The molecule has 1 heterocycles. The summed E-state index contributed by atoms with van der Waals surface area (Å²) in [4.78, 5) is 29.3. The number of nitrogens with zero attached hydrogens (tertiary/aromatic N) is 4. The van der Waals surface area contributed by atoms with Crippen molar-refractivity contribution in [1.82, 2.24) is 9.66 Å². The molecule has 0 saturated carbocycles. The van der Waals surface area contributed by atoms with Crippen LogP contribution in [0.3, 0.4) is 0 Å². The molecule has 0 atom stereocenters. The highest BCUT2D eigenvalue weighted by Crippen LogP contribution is 2.35. The van der Waals surface area contributed by atoms with E-state index in [-0.39, 0.29) is 23.8 Å². The number of halogens is 2. The normalized spacial score (nSPS) is 11.4. The number of hydrogen-bond donors (Lipinski definition) is 0. The molecule has 0 amide bonds. The minimum atomic E-state index is -0.454. The Labute approximate surface area is 267 Å². The highest BCUT2D eigenvalue weighted by atomic mass is 79.9. The summed E-state index contributed by atoms with van der Waals surface area (Å²) >= 11 is 9.92. The SMILES string of the molecule is COc1cc(C)c(-c2nc3ccccc3c(=O)n2N=Cc2cc(Cl)cc(Br)c2OCc2ccc([N+](=O)[O-])cc2)cc1C(C)C. The van der Waals surface area contributed by atoms with E-state index in [1.807, 2.05) is 25.1 Å². The predicted molar refractivity (Wildman–Crippen MR) is 176 cm³/mol. The lowest BCUT2D eigenvalue weighted by Gasteiger charge is -2.17. The van der Waals surface area contributed by atoms with E-state index in [9.17, 15) is 14.9 Å². The van der Waals surface area contributed by atoms with Crippen molar-refractivity contribution in [2.24, 2.45) is 5.10 Å². The van der Waals surface area contributed by atoms with Crippen LogP contribution in [0.1, 0.15) is 42.0 Å². The fourth-order valence-electron chi connectivity index (χ4n) is 4.79. The van der Waals surface area contributed by atoms with Crippen molar-refractivity contribution in [3.05, 3.63) is 125 Å². The highest BCUT2D eigenvalue weighted by Gasteiger charge is 2.19. The van der Waals surface area contributed by atoms with Crippen LogP contribution in [0, 0.1) is 17.0 Å². The molecule has 224 valence electrons. The highest BCUT2D eigenvalue weighted by molar-refractivity contribution is 9.10. The van der Waals surface area contributed by atoms with Crippen LogP contribution in [0.2, 0.25) is 5.02 Å². The first-order chi connectivity index (χ1) is 21.1. The number of nitro benzene ring substituents is 1. The number of fused-ring (bicyclic) bond motifs is 1. The molecule has 0 radical (unpaired) electrons. The van der Waals surface area contributed by atoms with Gasteiger partial charge < -0.3 is 9.47 Å². The van der Waals surface area contributed by atoms with E-state index in [0.29, 0.717) is 37.5 Å². The lowest BCUT2D eigenvalue weighted by Crippen LogP contribution is -2.21. The Morgan fingerprint density at radius 3 is 2.52 bits per heavy atom. The third-order valence-corrected chi connectivity index (χ3v) is 7.88. The van der Waals surface area contributed by atoms with E-state index in [0.717, 1.165) is 28.0 Å². The van der Waals surface area contributed by atoms with Crippen LogP contribution in [0.15, 0.2) is 87.2 Å². The van der Waals surface area contributed by atoms with Crippen LogP contribution in [-0.2, 0) is 6.61 Å². The second kappa shape index (κ2) is 13.0. The van der Waals surface area contributed by atoms with E-state index in [1.54, 1.807) is 49.6 Å². The summed E-state index contributed by atoms with van der Waals surface area (Å²) in [5.41, 5.74) is 4.04. The zero-order valence-electron chi connectivity index (χ0n) is 24.4. The molecular weight excluding hydrogens is 648 g/mol. The molecule has 44 heavy (non-hydrogen) atoms. The monoisotopic (exact) mass is 674 g/mol. The van der Waals surface area contributed by atoms with Gasteiger partial charge in [-0.3, -0.25) is 14.9 Å². The van der Waals surface area contributed by atoms with Crippen molar-refractivity contribution >= 4 is 50.3 Å².